The van der Waals surface area contributed by atoms with E-state index in [9.17, 15) is 0 Å². The van der Waals surface area contributed by atoms with Crippen LogP contribution in [0.4, 0.5) is 0 Å². The first-order valence-electron chi connectivity index (χ1n) is 9.07. The van der Waals surface area contributed by atoms with Gasteiger partial charge in [0.25, 0.3) is 0 Å². The van der Waals surface area contributed by atoms with E-state index in [4.69, 9.17) is 0 Å². The summed E-state index contributed by atoms with van der Waals surface area (Å²) in [5.41, 5.74) is 9.28. The quantitative estimate of drug-likeness (QED) is 0.523. The molecule has 0 spiro atoms. The Kier molecular flexibility index (Phi) is 13.3. The van der Waals surface area contributed by atoms with Gasteiger partial charge in [-0.3, -0.25) is 0 Å². The second kappa shape index (κ2) is 12.9. The summed E-state index contributed by atoms with van der Waals surface area (Å²) in [4.78, 5) is 0. The van der Waals surface area contributed by atoms with Gasteiger partial charge in [0.1, 0.15) is 0 Å². The van der Waals surface area contributed by atoms with Crippen molar-refractivity contribution >= 4 is 0 Å². The van der Waals surface area contributed by atoms with Crippen LogP contribution >= 0.6 is 0 Å². The molecule has 0 nitrogen and oxygen atoms in total. The lowest BCUT2D eigenvalue weighted by Gasteiger charge is -2.25. The summed E-state index contributed by atoms with van der Waals surface area (Å²) in [6, 6.07) is 6.64. The van der Waals surface area contributed by atoms with Gasteiger partial charge in [-0.05, 0) is 72.6 Å². The van der Waals surface area contributed by atoms with Crippen molar-refractivity contribution in [2.45, 2.75) is 75.2 Å². The van der Waals surface area contributed by atoms with Crippen molar-refractivity contribution < 1.29 is 0 Å². The van der Waals surface area contributed by atoms with E-state index in [0.717, 1.165) is 24.0 Å². The standard InChI is InChI=1S/C10H14.C9H12.2C2H6/c1-4-10-6-5-8(2)9(3)7-10;1-5-9-7(3)6(2)8(9)4;2*1-2/h5-7H,4H2,1-3H3;2-3,5H2,1,4H3;2*1-2H3. The predicted molar refractivity (Wildman–Crippen MR) is 109 cm³/mol. The summed E-state index contributed by atoms with van der Waals surface area (Å²) >= 11 is 0. The zero-order chi connectivity index (χ0) is 18.6. The summed E-state index contributed by atoms with van der Waals surface area (Å²) < 4.78 is 0. The maximum absolute atomic E-state index is 3.89. The number of allylic oxidation sites excluding steroid dienone is 4. The van der Waals surface area contributed by atoms with Crippen LogP contribution in [-0.2, 0) is 6.42 Å². The van der Waals surface area contributed by atoms with E-state index in [-0.39, 0.29) is 0 Å². The van der Waals surface area contributed by atoms with Gasteiger partial charge in [-0.1, -0.05) is 72.9 Å². The Labute approximate surface area is 146 Å². The topological polar surface area (TPSA) is 0 Å². The summed E-state index contributed by atoms with van der Waals surface area (Å²) in [6.07, 6.45) is 2.24. The van der Waals surface area contributed by atoms with E-state index in [0.29, 0.717) is 0 Å². The SMILES string of the molecule is C=C1C(=C)C(CC)=C1C.CC.CC.CCc1ccc(C)c(C)c1. The zero-order valence-electron chi connectivity index (χ0n) is 17.1. The molecule has 0 heteroatoms. The second-order valence-electron chi connectivity index (χ2n) is 5.19. The van der Waals surface area contributed by atoms with E-state index in [1.807, 2.05) is 27.7 Å². The average Bonchev–Trinajstić information content (AvgIpc) is 2.61. The van der Waals surface area contributed by atoms with Crippen LogP contribution in [0.2, 0.25) is 0 Å². The molecule has 1 aliphatic rings. The third kappa shape index (κ3) is 7.03. The maximum Gasteiger partial charge on any atom is -0.0224 e. The molecule has 1 aromatic carbocycles. The van der Waals surface area contributed by atoms with Gasteiger partial charge in [0.05, 0.1) is 0 Å². The first-order chi connectivity index (χ1) is 10.9. The summed E-state index contributed by atoms with van der Waals surface area (Å²) in [5, 5.41) is 0. The molecule has 0 radical (unpaired) electrons. The first kappa shape index (κ1) is 23.7. The first-order valence-corrected chi connectivity index (χ1v) is 9.07. The van der Waals surface area contributed by atoms with Crippen LogP contribution in [0.25, 0.3) is 0 Å². The van der Waals surface area contributed by atoms with Crippen LogP contribution < -0.4 is 0 Å². The summed E-state index contributed by atoms with van der Waals surface area (Å²) in [5.74, 6) is 0. The molecule has 0 aliphatic heterocycles. The molecule has 0 fully saturated rings. The van der Waals surface area contributed by atoms with Gasteiger partial charge < -0.3 is 0 Å². The fourth-order valence-electron chi connectivity index (χ4n) is 2.26. The molecule has 0 heterocycles. The molecule has 0 atom stereocenters. The summed E-state index contributed by atoms with van der Waals surface area (Å²) in [7, 11) is 0. The maximum atomic E-state index is 3.89. The van der Waals surface area contributed by atoms with Gasteiger partial charge in [-0.15, -0.1) is 0 Å². The molecule has 2 rings (SSSR count). The van der Waals surface area contributed by atoms with Crippen molar-refractivity contribution in [3.63, 3.8) is 0 Å². The molecule has 1 aliphatic carbocycles. The normalized spacial score (nSPS) is 12.0. The molecule has 0 amide bonds. The van der Waals surface area contributed by atoms with Crippen LogP contribution in [0, 0.1) is 13.8 Å². The molecular weight excluding hydrogens is 276 g/mol. The van der Waals surface area contributed by atoms with Gasteiger partial charge in [-0.2, -0.15) is 0 Å². The Bertz CT molecular complexity index is 527. The van der Waals surface area contributed by atoms with E-state index in [1.54, 1.807) is 0 Å². The number of hydrogen-bond donors (Lipinski definition) is 0. The molecular formula is C23H38. The molecule has 130 valence electrons. The van der Waals surface area contributed by atoms with Crippen LogP contribution in [0.5, 0.6) is 0 Å². The van der Waals surface area contributed by atoms with Gasteiger partial charge in [-0.25, -0.2) is 0 Å². The average molecular weight is 315 g/mol. The summed E-state index contributed by atoms with van der Waals surface area (Å²) in [6.45, 7) is 26.5. The van der Waals surface area contributed by atoms with Crippen LogP contribution in [0.1, 0.15) is 71.6 Å². The van der Waals surface area contributed by atoms with Crippen molar-refractivity contribution in [1.29, 1.82) is 0 Å². The minimum Gasteiger partial charge on any atom is -0.0909 e. The molecule has 0 unspecified atom stereocenters. The Balaban J connectivity index is 0. The highest BCUT2D eigenvalue weighted by Gasteiger charge is 2.19. The van der Waals surface area contributed by atoms with Crippen molar-refractivity contribution in [1.82, 2.24) is 0 Å². The van der Waals surface area contributed by atoms with Gasteiger partial charge in [0.15, 0.2) is 0 Å². The van der Waals surface area contributed by atoms with Crippen molar-refractivity contribution in [3.05, 3.63) is 70.3 Å². The third-order valence-electron chi connectivity index (χ3n) is 3.97. The number of hydrogen-bond acceptors (Lipinski definition) is 0. The Morgan fingerprint density at radius 1 is 0.739 bits per heavy atom. The largest absolute Gasteiger partial charge is 0.0909 e. The predicted octanol–water partition coefficient (Wildman–Crippen LogP) is 7.76. The minimum absolute atomic E-state index is 1.10. The number of aryl methyl sites for hydroxylation is 3. The lowest BCUT2D eigenvalue weighted by molar-refractivity contribution is 1.03. The second-order valence-corrected chi connectivity index (χ2v) is 5.19. The Morgan fingerprint density at radius 2 is 1.26 bits per heavy atom. The van der Waals surface area contributed by atoms with Crippen LogP contribution in [0.3, 0.4) is 0 Å². The van der Waals surface area contributed by atoms with Crippen molar-refractivity contribution in [2.24, 2.45) is 0 Å². The highest BCUT2D eigenvalue weighted by molar-refractivity contribution is 5.66. The molecule has 23 heavy (non-hydrogen) atoms. The van der Waals surface area contributed by atoms with Crippen LogP contribution in [0.15, 0.2) is 53.6 Å². The molecule has 0 saturated heterocycles. The fraction of sp³-hybridized carbons (Fsp3) is 0.478. The van der Waals surface area contributed by atoms with E-state index in [2.05, 4.69) is 66.0 Å². The van der Waals surface area contributed by atoms with Crippen LogP contribution in [-0.4, -0.2) is 0 Å². The fourth-order valence-corrected chi connectivity index (χ4v) is 2.26. The number of benzene rings is 1. The molecule has 0 N–H and O–H groups in total. The van der Waals surface area contributed by atoms with Gasteiger partial charge >= 0.3 is 0 Å². The molecule has 0 saturated carbocycles. The minimum atomic E-state index is 1.10. The molecule has 1 aromatic rings. The lowest BCUT2D eigenvalue weighted by Crippen LogP contribution is -2.07. The van der Waals surface area contributed by atoms with Gasteiger partial charge in [0.2, 0.25) is 0 Å². The van der Waals surface area contributed by atoms with E-state index in [1.165, 1.54) is 27.8 Å². The third-order valence-corrected chi connectivity index (χ3v) is 3.97. The molecule has 0 aromatic heterocycles. The molecule has 0 bridgehead atoms. The smallest absolute Gasteiger partial charge is 0.0224 e. The zero-order valence-corrected chi connectivity index (χ0v) is 17.1. The van der Waals surface area contributed by atoms with E-state index < -0.39 is 0 Å². The highest BCUT2D eigenvalue weighted by atomic mass is 14.2. The van der Waals surface area contributed by atoms with E-state index >= 15 is 0 Å². The number of rotatable bonds is 2. The highest BCUT2D eigenvalue weighted by Crippen LogP contribution is 2.38. The monoisotopic (exact) mass is 314 g/mol. The van der Waals surface area contributed by atoms with Gasteiger partial charge in [0, 0.05) is 0 Å². The van der Waals surface area contributed by atoms with Crippen molar-refractivity contribution in [2.75, 3.05) is 0 Å². The Hall–Kier alpha value is -1.56. The Morgan fingerprint density at radius 3 is 1.57 bits per heavy atom. The van der Waals surface area contributed by atoms with Crippen molar-refractivity contribution in [3.8, 4) is 0 Å². The lowest BCUT2D eigenvalue weighted by atomic mass is 9.79.